The van der Waals surface area contributed by atoms with Crippen LogP contribution in [0.1, 0.15) is 36.8 Å². The van der Waals surface area contributed by atoms with E-state index in [0.717, 1.165) is 44.0 Å². The van der Waals surface area contributed by atoms with Gasteiger partial charge in [-0.15, -0.1) is 0 Å². The Balaban J connectivity index is 1.70. The molecule has 2 aromatic rings. The summed E-state index contributed by atoms with van der Waals surface area (Å²) in [6.45, 7) is 0.789. The molecular weight excluding hydrogens is 432 g/mol. The number of alkyl halides is 3. The molecule has 1 heterocycles. The van der Waals surface area contributed by atoms with Gasteiger partial charge in [0.1, 0.15) is 12.0 Å². The highest BCUT2D eigenvalue weighted by molar-refractivity contribution is 5.57. The number of halogens is 4. The first kappa shape index (κ1) is 23.6. The molecule has 0 spiro atoms. The van der Waals surface area contributed by atoms with Crippen LogP contribution in [0.2, 0.25) is 0 Å². The molecule has 1 aromatic heterocycles. The predicted octanol–water partition coefficient (Wildman–Crippen LogP) is 4.33. The van der Waals surface area contributed by atoms with Crippen LogP contribution in [-0.2, 0) is 12.7 Å². The Morgan fingerprint density at radius 2 is 1.84 bits per heavy atom. The zero-order chi connectivity index (χ0) is 23.3. The minimum Gasteiger partial charge on any atom is -0.364 e. The van der Waals surface area contributed by atoms with Gasteiger partial charge in [-0.25, -0.2) is 9.37 Å². The Bertz CT molecular complexity index is 948. The van der Waals surface area contributed by atoms with Crippen LogP contribution >= 0.6 is 0 Å². The van der Waals surface area contributed by atoms with Gasteiger partial charge in [-0.3, -0.25) is 10.1 Å². The molecule has 1 fully saturated rings. The summed E-state index contributed by atoms with van der Waals surface area (Å²) >= 11 is 0. The van der Waals surface area contributed by atoms with Gasteiger partial charge in [0, 0.05) is 13.1 Å². The minimum absolute atomic E-state index is 0.0106. The van der Waals surface area contributed by atoms with Crippen LogP contribution in [0.5, 0.6) is 0 Å². The molecule has 0 unspecified atom stereocenters. The highest BCUT2D eigenvalue weighted by Crippen LogP contribution is 2.33. The molecule has 0 radical (unpaired) electrons. The molecule has 1 aliphatic carbocycles. The number of nitrogens with zero attached hydrogens (tertiary/aromatic N) is 3. The van der Waals surface area contributed by atoms with Crippen LogP contribution in [0, 0.1) is 27.8 Å². The molecule has 0 bridgehead atoms. The third kappa shape index (κ3) is 6.02. The Labute approximate surface area is 181 Å². The first-order valence-corrected chi connectivity index (χ1v) is 10.2. The number of nitro groups is 1. The SMILES string of the molecule is NCC1CCC(CNc2nc(NCc3ccc(F)cc3C(F)(F)F)ncc2[N+](=O)[O-])CC1. The van der Waals surface area contributed by atoms with Gasteiger partial charge in [0.05, 0.1) is 10.5 Å². The number of hydrogen-bond acceptors (Lipinski definition) is 7. The van der Waals surface area contributed by atoms with Gasteiger partial charge in [0.25, 0.3) is 0 Å². The van der Waals surface area contributed by atoms with Gasteiger partial charge in [-0.2, -0.15) is 18.2 Å². The summed E-state index contributed by atoms with van der Waals surface area (Å²) in [6.07, 6.45) is 0.165. The summed E-state index contributed by atoms with van der Waals surface area (Å²) in [7, 11) is 0. The Kier molecular flexibility index (Phi) is 7.44. The molecule has 8 nitrogen and oxygen atoms in total. The summed E-state index contributed by atoms with van der Waals surface area (Å²) < 4.78 is 52.8. The molecule has 0 aliphatic heterocycles. The van der Waals surface area contributed by atoms with E-state index in [9.17, 15) is 27.7 Å². The van der Waals surface area contributed by atoms with Crippen molar-refractivity contribution in [3.8, 4) is 0 Å². The van der Waals surface area contributed by atoms with E-state index in [2.05, 4.69) is 20.6 Å². The summed E-state index contributed by atoms with van der Waals surface area (Å²) in [4.78, 5) is 18.6. The zero-order valence-corrected chi connectivity index (χ0v) is 17.2. The molecule has 4 N–H and O–H groups in total. The Morgan fingerprint density at radius 1 is 1.16 bits per heavy atom. The monoisotopic (exact) mass is 456 g/mol. The van der Waals surface area contributed by atoms with Crippen LogP contribution in [0.15, 0.2) is 24.4 Å². The topological polar surface area (TPSA) is 119 Å². The maximum absolute atomic E-state index is 13.3. The van der Waals surface area contributed by atoms with Gasteiger partial charge < -0.3 is 16.4 Å². The molecule has 174 valence electrons. The second kappa shape index (κ2) is 10.1. The fraction of sp³-hybridized carbons (Fsp3) is 0.500. The third-order valence-corrected chi connectivity index (χ3v) is 5.64. The highest BCUT2D eigenvalue weighted by atomic mass is 19.4. The largest absolute Gasteiger partial charge is 0.416 e. The first-order chi connectivity index (χ1) is 15.2. The van der Waals surface area contributed by atoms with E-state index in [1.165, 1.54) is 0 Å². The molecule has 3 rings (SSSR count). The number of anilines is 2. The summed E-state index contributed by atoms with van der Waals surface area (Å²) in [6, 6.07) is 2.36. The average molecular weight is 456 g/mol. The maximum Gasteiger partial charge on any atom is 0.416 e. The van der Waals surface area contributed by atoms with Crippen molar-refractivity contribution in [3.05, 3.63) is 51.5 Å². The number of benzene rings is 1. The summed E-state index contributed by atoms with van der Waals surface area (Å²) in [5, 5.41) is 16.9. The van der Waals surface area contributed by atoms with Crippen molar-refractivity contribution >= 4 is 17.5 Å². The van der Waals surface area contributed by atoms with Gasteiger partial charge in [-0.1, -0.05) is 6.07 Å². The second-order valence-corrected chi connectivity index (χ2v) is 7.84. The van der Waals surface area contributed by atoms with Gasteiger partial charge in [-0.05, 0) is 61.8 Å². The number of hydrogen-bond donors (Lipinski definition) is 3. The lowest BCUT2D eigenvalue weighted by molar-refractivity contribution is -0.384. The van der Waals surface area contributed by atoms with E-state index in [-0.39, 0.29) is 29.6 Å². The van der Waals surface area contributed by atoms with Gasteiger partial charge in [0.2, 0.25) is 11.8 Å². The second-order valence-electron chi connectivity index (χ2n) is 7.84. The van der Waals surface area contributed by atoms with E-state index in [4.69, 9.17) is 5.73 Å². The molecule has 12 heteroatoms. The van der Waals surface area contributed by atoms with Crippen LogP contribution in [0.3, 0.4) is 0 Å². The predicted molar refractivity (Wildman–Crippen MR) is 110 cm³/mol. The third-order valence-electron chi connectivity index (χ3n) is 5.64. The lowest BCUT2D eigenvalue weighted by Gasteiger charge is -2.27. The van der Waals surface area contributed by atoms with E-state index in [0.29, 0.717) is 31.0 Å². The standard InChI is InChI=1S/C20H24F4N6O2/c21-15-6-5-14(16(7-15)20(22,23)24)10-27-19-28-11-17(30(31)32)18(29-19)26-9-13-3-1-12(8-25)2-4-13/h5-7,11-13H,1-4,8-10,25H2,(H2,26,27,28,29). The van der Waals surface area contributed by atoms with Gasteiger partial charge in [0.15, 0.2) is 0 Å². The highest BCUT2D eigenvalue weighted by Gasteiger charge is 2.33. The molecule has 0 atom stereocenters. The van der Waals surface area contributed by atoms with Crippen molar-refractivity contribution in [1.82, 2.24) is 9.97 Å². The summed E-state index contributed by atoms with van der Waals surface area (Å²) in [5.74, 6) is -0.272. The molecule has 1 saturated carbocycles. The molecule has 0 saturated heterocycles. The average Bonchev–Trinajstić information content (AvgIpc) is 2.76. The Hall–Kier alpha value is -3.02. The molecule has 1 aromatic carbocycles. The van der Waals surface area contributed by atoms with Gasteiger partial charge >= 0.3 is 11.9 Å². The van der Waals surface area contributed by atoms with Crippen molar-refractivity contribution in [1.29, 1.82) is 0 Å². The van der Waals surface area contributed by atoms with Crippen molar-refractivity contribution in [2.45, 2.75) is 38.4 Å². The minimum atomic E-state index is -4.73. The lowest BCUT2D eigenvalue weighted by atomic mass is 9.82. The van der Waals surface area contributed by atoms with Crippen molar-refractivity contribution in [2.24, 2.45) is 17.6 Å². The van der Waals surface area contributed by atoms with Crippen molar-refractivity contribution in [2.75, 3.05) is 23.7 Å². The van der Waals surface area contributed by atoms with E-state index in [1.807, 2.05) is 0 Å². The number of nitrogens with one attached hydrogen (secondary N) is 2. The number of aromatic nitrogens is 2. The van der Waals surface area contributed by atoms with E-state index in [1.54, 1.807) is 0 Å². The fourth-order valence-corrected chi connectivity index (χ4v) is 3.78. The maximum atomic E-state index is 13.3. The molecular formula is C20H24F4N6O2. The smallest absolute Gasteiger partial charge is 0.364 e. The number of rotatable bonds is 8. The zero-order valence-electron chi connectivity index (χ0n) is 17.2. The van der Waals surface area contributed by atoms with Crippen molar-refractivity contribution < 1.29 is 22.5 Å². The first-order valence-electron chi connectivity index (χ1n) is 10.2. The normalized spacial score (nSPS) is 18.9. The fourth-order valence-electron chi connectivity index (χ4n) is 3.78. The van der Waals surface area contributed by atoms with Crippen molar-refractivity contribution in [3.63, 3.8) is 0 Å². The van der Waals surface area contributed by atoms with Crippen LogP contribution in [0.4, 0.5) is 35.0 Å². The Morgan fingerprint density at radius 3 is 2.47 bits per heavy atom. The molecule has 0 amide bonds. The number of nitrogens with two attached hydrogens (primary N) is 1. The lowest BCUT2D eigenvalue weighted by Crippen LogP contribution is -2.25. The van der Waals surface area contributed by atoms with E-state index < -0.39 is 22.5 Å². The molecule has 1 aliphatic rings. The van der Waals surface area contributed by atoms with Crippen LogP contribution in [-0.4, -0.2) is 28.0 Å². The molecule has 32 heavy (non-hydrogen) atoms. The van der Waals surface area contributed by atoms with E-state index >= 15 is 0 Å². The quantitative estimate of drug-likeness (QED) is 0.307. The van der Waals surface area contributed by atoms with Crippen LogP contribution < -0.4 is 16.4 Å². The summed E-state index contributed by atoms with van der Waals surface area (Å²) in [5.41, 5.74) is 4.05. The van der Waals surface area contributed by atoms with Crippen LogP contribution in [0.25, 0.3) is 0 Å².